The maximum Gasteiger partial charge on any atom is 0.335 e. The number of aldehydes is 1. The van der Waals surface area contributed by atoms with Crippen molar-refractivity contribution in [3.05, 3.63) is 35.9 Å². The molecule has 1 rings (SSSR count). The monoisotopic (exact) mass is 196 g/mol. The molecule has 3 heteroatoms. The molecule has 78 valence electrons. The fourth-order valence-corrected chi connectivity index (χ4v) is 0.581. The van der Waals surface area contributed by atoms with Crippen LogP contribution in [-0.2, 0) is 4.79 Å². The number of benzene rings is 1. The van der Waals surface area contributed by atoms with E-state index in [0.717, 1.165) is 6.29 Å². The molecule has 0 amide bonds. The van der Waals surface area contributed by atoms with Crippen molar-refractivity contribution >= 4 is 12.3 Å². The summed E-state index contributed by atoms with van der Waals surface area (Å²) < 4.78 is 0. The molecule has 0 aliphatic carbocycles. The molecule has 1 aromatic carbocycles. The quantitative estimate of drug-likeness (QED) is 0.702. The summed E-state index contributed by atoms with van der Waals surface area (Å²) in [7, 11) is 0. The molecule has 0 bridgehead atoms. The molecule has 0 atom stereocenters. The lowest BCUT2D eigenvalue weighted by atomic mass is 10.2. The predicted molar refractivity (Wildman–Crippen MR) is 56.5 cm³/mol. The standard InChI is InChI=1S/C7H6O2.C2H4O.C2H6/c8-7(9)6-4-2-1-3-5-6;1-2-3;1-2/h1-5H,(H,8,9);2H,1H3;1-2H3. The Morgan fingerprint density at radius 2 is 1.57 bits per heavy atom. The minimum Gasteiger partial charge on any atom is -0.478 e. The fraction of sp³-hybridized carbons (Fsp3) is 0.273. The molecule has 0 heterocycles. The Hall–Kier alpha value is -1.64. The molecule has 3 nitrogen and oxygen atoms in total. The average molecular weight is 196 g/mol. The summed E-state index contributed by atoms with van der Waals surface area (Å²) in [5.41, 5.74) is 0.331. The van der Waals surface area contributed by atoms with Crippen molar-refractivity contribution in [3.8, 4) is 0 Å². The van der Waals surface area contributed by atoms with E-state index in [1.165, 1.54) is 6.92 Å². The van der Waals surface area contributed by atoms with Gasteiger partial charge in [0.05, 0.1) is 5.56 Å². The molecular weight excluding hydrogens is 180 g/mol. The molecule has 1 N–H and O–H groups in total. The second-order valence-electron chi connectivity index (χ2n) is 1.91. The summed E-state index contributed by atoms with van der Waals surface area (Å²) in [6, 6.07) is 8.30. The van der Waals surface area contributed by atoms with E-state index in [9.17, 15) is 4.79 Å². The maximum absolute atomic E-state index is 10.2. The molecule has 0 aliphatic heterocycles. The summed E-state index contributed by atoms with van der Waals surface area (Å²) >= 11 is 0. The predicted octanol–water partition coefficient (Wildman–Crippen LogP) is 2.62. The van der Waals surface area contributed by atoms with Crippen LogP contribution in [0.1, 0.15) is 31.1 Å². The Bertz CT molecular complexity index is 242. The summed E-state index contributed by atoms with van der Waals surface area (Å²) in [6.07, 6.45) is 0.750. The molecule has 0 saturated carbocycles. The Morgan fingerprint density at radius 3 is 1.79 bits per heavy atom. The number of carboxylic acid groups (broad SMARTS) is 1. The molecule has 14 heavy (non-hydrogen) atoms. The van der Waals surface area contributed by atoms with E-state index in [2.05, 4.69) is 0 Å². The molecule has 0 spiro atoms. The molecule has 0 radical (unpaired) electrons. The summed E-state index contributed by atoms with van der Waals surface area (Å²) in [6.45, 7) is 5.44. The number of carbonyl (C=O) groups excluding carboxylic acids is 1. The molecule has 0 aromatic heterocycles. The van der Waals surface area contributed by atoms with Gasteiger partial charge in [0, 0.05) is 0 Å². The molecule has 1 aromatic rings. The second-order valence-corrected chi connectivity index (χ2v) is 1.91. The van der Waals surface area contributed by atoms with Crippen LogP contribution in [0.25, 0.3) is 0 Å². The third kappa shape index (κ3) is 8.46. The lowest BCUT2D eigenvalue weighted by Crippen LogP contribution is -1.93. The zero-order valence-electron chi connectivity index (χ0n) is 8.73. The average Bonchev–Trinajstić information content (AvgIpc) is 2.23. The molecular formula is C11H16O3. The first-order valence-electron chi connectivity index (χ1n) is 4.40. The van der Waals surface area contributed by atoms with Gasteiger partial charge in [0.2, 0.25) is 0 Å². The zero-order valence-corrected chi connectivity index (χ0v) is 8.73. The number of rotatable bonds is 1. The van der Waals surface area contributed by atoms with Gasteiger partial charge in [-0.1, -0.05) is 32.0 Å². The smallest absolute Gasteiger partial charge is 0.335 e. The van der Waals surface area contributed by atoms with Crippen LogP contribution >= 0.6 is 0 Å². The van der Waals surface area contributed by atoms with Crippen molar-refractivity contribution < 1.29 is 14.7 Å². The highest BCUT2D eigenvalue weighted by atomic mass is 16.4. The van der Waals surface area contributed by atoms with E-state index in [4.69, 9.17) is 9.90 Å². The van der Waals surface area contributed by atoms with E-state index in [1.54, 1.807) is 30.3 Å². The molecule has 0 fully saturated rings. The van der Waals surface area contributed by atoms with Crippen LogP contribution in [0.3, 0.4) is 0 Å². The number of hydrogen-bond acceptors (Lipinski definition) is 2. The van der Waals surface area contributed by atoms with Crippen LogP contribution in [0.2, 0.25) is 0 Å². The van der Waals surface area contributed by atoms with Gasteiger partial charge in [0.1, 0.15) is 6.29 Å². The highest BCUT2D eigenvalue weighted by molar-refractivity contribution is 5.87. The van der Waals surface area contributed by atoms with Crippen molar-refractivity contribution in [1.82, 2.24) is 0 Å². The normalized spacial score (nSPS) is 7.07. The summed E-state index contributed by atoms with van der Waals surface area (Å²) in [5.74, 6) is -0.879. The molecule has 0 aliphatic rings. The third-order valence-electron chi connectivity index (χ3n) is 1.02. The van der Waals surface area contributed by atoms with Crippen molar-refractivity contribution in [3.63, 3.8) is 0 Å². The van der Waals surface area contributed by atoms with Crippen molar-refractivity contribution in [2.24, 2.45) is 0 Å². The van der Waals surface area contributed by atoms with Gasteiger partial charge in [0.25, 0.3) is 0 Å². The van der Waals surface area contributed by atoms with E-state index in [-0.39, 0.29) is 0 Å². The Kier molecular flexibility index (Phi) is 12.1. The van der Waals surface area contributed by atoms with Gasteiger partial charge in [-0.2, -0.15) is 0 Å². The van der Waals surface area contributed by atoms with Crippen LogP contribution in [0.5, 0.6) is 0 Å². The van der Waals surface area contributed by atoms with Gasteiger partial charge in [-0.15, -0.1) is 0 Å². The number of aromatic carboxylic acids is 1. The number of carbonyl (C=O) groups is 2. The van der Waals surface area contributed by atoms with Crippen molar-refractivity contribution in [1.29, 1.82) is 0 Å². The second kappa shape index (κ2) is 11.4. The van der Waals surface area contributed by atoms with Gasteiger partial charge < -0.3 is 9.90 Å². The van der Waals surface area contributed by atoms with Crippen LogP contribution in [0, 0.1) is 0 Å². The molecule has 0 unspecified atom stereocenters. The van der Waals surface area contributed by atoms with Gasteiger partial charge >= 0.3 is 5.97 Å². The van der Waals surface area contributed by atoms with Gasteiger partial charge in [-0.05, 0) is 19.1 Å². The van der Waals surface area contributed by atoms with Gasteiger partial charge in [-0.3, -0.25) is 0 Å². The summed E-state index contributed by atoms with van der Waals surface area (Å²) in [4.78, 5) is 19.0. The fourth-order valence-electron chi connectivity index (χ4n) is 0.581. The zero-order chi connectivity index (χ0) is 11.4. The SMILES string of the molecule is CC.CC=O.O=C(O)c1ccccc1. The lowest BCUT2D eigenvalue weighted by Gasteiger charge is -1.88. The first-order chi connectivity index (χ1) is 6.72. The van der Waals surface area contributed by atoms with Crippen LogP contribution in [0.15, 0.2) is 30.3 Å². The number of hydrogen-bond donors (Lipinski definition) is 1. The first-order valence-corrected chi connectivity index (χ1v) is 4.40. The highest BCUT2D eigenvalue weighted by Crippen LogP contribution is 1.96. The highest BCUT2D eigenvalue weighted by Gasteiger charge is 1.96. The topological polar surface area (TPSA) is 54.4 Å². The lowest BCUT2D eigenvalue weighted by molar-refractivity contribution is -0.106. The van der Waals surface area contributed by atoms with Crippen molar-refractivity contribution in [2.45, 2.75) is 20.8 Å². The minimum atomic E-state index is -0.879. The number of carboxylic acids is 1. The van der Waals surface area contributed by atoms with Gasteiger partial charge in [-0.25, -0.2) is 4.79 Å². The van der Waals surface area contributed by atoms with Crippen LogP contribution in [-0.4, -0.2) is 17.4 Å². The van der Waals surface area contributed by atoms with Crippen LogP contribution in [0.4, 0.5) is 0 Å². The van der Waals surface area contributed by atoms with E-state index in [1.807, 2.05) is 13.8 Å². The molecule has 0 saturated heterocycles. The van der Waals surface area contributed by atoms with E-state index < -0.39 is 5.97 Å². The van der Waals surface area contributed by atoms with Crippen molar-refractivity contribution in [2.75, 3.05) is 0 Å². The maximum atomic E-state index is 10.2. The van der Waals surface area contributed by atoms with Crippen LogP contribution < -0.4 is 0 Å². The Balaban J connectivity index is 0. The Morgan fingerprint density at radius 1 is 1.21 bits per heavy atom. The van der Waals surface area contributed by atoms with E-state index >= 15 is 0 Å². The largest absolute Gasteiger partial charge is 0.478 e. The van der Waals surface area contributed by atoms with Gasteiger partial charge in [0.15, 0.2) is 0 Å². The Labute approximate surface area is 84.4 Å². The first kappa shape index (κ1) is 14.9. The third-order valence-corrected chi connectivity index (χ3v) is 1.02. The summed E-state index contributed by atoms with van der Waals surface area (Å²) in [5, 5.41) is 8.38. The van der Waals surface area contributed by atoms with E-state index in [0.29, 0.717) is 5.56 Å². The minimum absolute atomic E-state index is 0.331.